The van der Waals surface area contributed by atoms with Gasteiger partial charge in [0.05, 0.1) is 18.2 Å². The van der Waals surface area contributed by atoms with Crippen LogP contribution in [0.2, 0.25) is 5.15 Å². The Kier molecular flexibility index (Phi) is 6.24. The van der Waals surface area contributed by atoms with E-state index < -0.39 is 47.4 Å². The summed E-state index contributed by atoms with van der Waals surface area (Å²) in [5, 5.41) is 12.1. The summed E-state index contributed by atoms with van der Waals surface area (Å²) < 4.78 is 58.3. The number of alkyl halides is 3. The second-order valence-electron chi connectivity index (χ2n) is 7.40. The number of likely N-dealkylation sites (tertiary alicyclic amines) is 1. The van der Waals surface area contributed by atoms with Crippen LogP contribution in [-0.2, 0) is 10.7 Å². The van der Waals surface area contributed by atoms with Crippen LogP contribution in [0.1, 0.15) is 29.3 Å². The van der Waals surface area contributed by atoms with E-state index in [4.69, 9.17) is 11.6 Å². The van der Waals surface area contributed by atoms with Gasteiger partial charge in [-0.15, -0.1) is 0 Å². The van der Waals surface area contributed by atoms with E-state index in [1.165, 1.54) is 18.3 Å². The number of carbonyl (C=O) groups excluding carboxylic acids is 2. The highest BCUT2D eigenvalue weighted by Gasteiger charge is 2.50. The molecule has 1 fully saturated rings. The number of anilines is 1. The first-order valence-corrected chi connectivity index (χ1v) is 9.57. The molecule has 2 unspecified atom stereocenters. The van der Waals surface area contributed by atoms with Gasteiger partial charge in [0.15, 0.2) is 5.67 Å². The van der Waals surface area contributed by atoms with Crippen LogP contribution in [0.25, 0.3) is 0 Å². The van der Waals surface area contributed by atoms with E-state index in [9.17, 15) is 32.3 Å². The van der Waals surface area contributed by atoms with Crippen LogP contribution in [0.4, 0.5) is 23.2 Å². The van der Waals surface area contributed by atoms with Crippen LogP contribution < -0.4 is 5.32 Å². The summed E-state index contributed by atoms with van der Waals surface area (Å²) in [7, 11) is 0. The molecule has 166 valence electrons. The summed E-state index contributed by atoms with van der Waals surface area (Å²) in [5.41, 5.74) is -3.70. The summed E-state index contributed by atoms with van der Waals surface area (Å²) in [5.74, 6) is -8.43. The number of pyridine rings is 1. The van der Waals surface area contributed by atoms with Crippen molar-refractivity contribution in [1.82, 2.24) is 9.88 Å². The van der Waals surface area contributed by atoms with Crippen LogP contribution in [0.5, 0.6) is 0 Å². The van der Waals surface area contributed by atoms with Gasteiger partial charge in [-0.05, 0) is 43.7 Å². The van der Waals surface area contributed by atoms with Crippen LogP contribution in [-0.4, -0.2) is 51.7 Å². The molecule has 1 aliphatic heterocycles. The summed E-state index contributed by atoms with van der Waals surface area (Å²) in [6, 6.07) is 4.92. The predicted molar refractivity (Wildman–Crippen MR) is 104 cm³/mol. The predicted octanol–water partition coefficient (Wildman–Crippen LogP) is 3.54. The molecule has 0 radical (unpaired) electrons. The third-order valence-corrected chi connectivity index (χ3v) is 5.18. The van der Waals surface area contributed by atoms with E-state index in [0.717, 1.165) is 13.0 Å². The Morgan fingerprint density at radius 1 is 1.32 bits per heavy atom. The monoisotopic (exact) mass is 459 g/mol. The number of hydrogen-bond acceptors (Lipinski definition) is 4. The molecule has 3 rings (SSSR count). The third-order valence-electron chi connectivity index (χ3n) is 4.97. The van der Waals surface area contributed by atoms with Crippen molar-refractivity contribution in [2.45, 2.75) is 31.0 Å². The van der Waals surface area contributed by atoms with E-state index >= 15 is 0 Å². The van der Waals surface area contributed by atoms with Crippen molar-refractivity contribution in [3.05, 3.63) is 58.6 Å². The number of benzene rings is 1. The van der Waals surface area contributed by atoms with Crippen molar-refractivity contribution in [3.8, 4) is 0 Å². The number of aliphatic hydroxyl groups is 1. The molecule has 6 nitrogen and oxygen atoms in total. The highest BCUT2D eigenvalue weighted by molar-refractivity contribution is 6.29. The van der Waals surface area contributed by atoms with Crippen molar-refractivity contribution in [1.29, 1.82) is 0 Å². The van der Waals surface area contributed by atoms with Gasteiger partial charge in [0, 0.05) is 24.0 Å². The lowest BCUT2D eigenvalue weighted by Crippen LogP contribution is -2.56. The Bertz CT molecular complexity index is 1020. The van der Waals surface area contributed by atoms with E-state index in [2.05, 4.69) is 10.3 Å². The summed E-state index contributed by atoms with van der Waals surface area (Å²) >= 11 is 5.72. The lowest BCUT2D eigenvalue weighted by Gasteiger charge is -2.39. The zero-order chi connectivity index (χ0) is 23.0. The fourth-order valence-corrected chi connectivity index (χ4v) is 3.39. The highest BCUT2D eigenvalue weighted by atomic mass is 35.5. The molecule has 1 aromatic heterocycles. The second kappa shape index (κ2) is 8.43. The van der Waals surface area contributed by atoms with Gasteiger partial charge >= 0.3 is 5.92 Å². The number of rotatable bonds is 4. The number of halogens is 5. The van der Waals surface area contributed by atoms with Crippen LogP contribution in [0, 0.1) is 5.82 Å². The maximum atomic E-state index is 14.9. The average Bonchev–Trinajstić information content (AvgIpc) is 2.69. The molecule has 1 saturated heterocycles. The first kappa shape index (κ1) is 23.0. The third kappa shape index (κ3) is 4.80. The average molecular weight is 460 g/mol. The number of piperidine rings is 1. The smallest absolute Gasteiger partial charge is 0.352 e. The molecule has 2 aromatic rings. The molecule has 1 aliphatic rings. The lowest BCUT2D eigenvalue weighted by atomic mass is 9.92. The first-order valence-electron chi connectivity index (χ1n) is 9.19. The summed E-state index contributed by atoms with van der Waals surface area (Å²) in [6.45, 7) is -0.0982. The number of amides is 2. The Morgan fingerprint density at radius 3 is 2.68 bits per heavy atom. The molecule has 2 atom stereocenters. The standard InChI is InChI=1S/C20H18ClF4N3O3/c1-19(23)10-28(7-5-15(19)29)18(31)20(24,25)13-8-11(2-3-14(13)22)17(30)27-12-4-6-26-16(21)9-12/h2-4,6,8-9,15,29H,5,7,10H2,1H3,(H,26,27,30). The van der Waals surface area contributed by atoms with Crippen LogP contribution in [0.3, 0.4) is 0 Å². The lowest BCUT2D eigenvalue weighted by molar-refractivity contribution is -0.167. The molecule has 0 aliphatic carbocycles. The minimum Gasteiger partial charge on any atom is -0.390 e. The van der Waals surface area contributed by atoms with Crippen molar-refractivity contribution in [2.24, 2.45) is 0 Å². The molecule has 1 aromatic carbocycles. The molecule has 0 bridgehead atoms. The van der Waals surface area contributed by atoms with E-state index in [1.807, 2.05) is 0 Å². The number of hydrogen-bond donors (Lipinski definition) is 2. The highest BCUT2D eigenvalue weighted by Crippen LogP contribution is 2.35. The van der Waals surface area contributed by atoms with Crippen LogP contribution in [0.15, 0.2) is 36.5 Å². The molecule has 2 amide bonds. The number of carbonyl (C=O) groups is 2. The summed E-state index contributed by atoms with van der Waals surface area (Å²) in [6.07, 6.45) is -0.334. The van der Waals surface area contributed by atoms with Crippen LogP contribution >= 0.6 is 11.6 Å². The fraction of sp³-hybridized carbons (Fsp3) is 0.350. The molecule has 2 N–H and O–H groups in total. The van der Waals surface area contributed by atoms with Crippen molar-refractivity contribution in [2.75, 3.05) is 18.4 Å². The first-order chi connectivity index (χ1) is 14.4. The maximum Gasteiger partial charge on any atom is 0.352 e. The van der Waals surface area contributed by atoms with Gasteiger partial charge in [-0.1, -0.05) is 11.6 Å². The Labute approximate surface area is 179 Å². The molecule has 0 spiro atoms. The molecule has 11 heteroatoms. The van der Waals surface area contributed by atoms with Crippen molar-refractivity contribution < 1.29 is 32.3 Å². The van der Waals surface area contributed by atoms with Gasteiger partial charge in [-0.2, -0.15) is 8.78 Å². The minimum absolute atomic E-state index is 0.0845. The maximum absolute atomic E-state index is 14.9. The van der Waals surface area contributed by atoms with Gasteiger partial charge in [0.2, 0.25) is 0 Å². The number of nitrogens with zero attached hydrogens (tertiary/aromatic N) is 2. The van der Waals surface area contributed by atoms with E-state index in [0.29, 0.717) is 17.0 Å². The Morgan fingerprint density at radius 2 is 2.03 bits per heavy atom. The molecule has 31 heavy (non-hydrogen) atoms. The normalized spacial score (nSPS) is 21.6. The zero-order valence-corrected chi connectivity index (χ0v) is 17.0. The van der Waals surface area contributed by atoms with E-state index in [-0.39, 0.29) is 29.4 Å². The SMILES string of the molecule is CC1(F)CN(C(=O)C(F)(F)c2cc(C(=O)Nc3ccnc(Cl)c3)ccc2F)CCC1O. The van der Waals surface area contributed by atoms with Gasteiger partial charge in [0.25, 0.3) is 11.8 Å². The fourth-order valence-electron chi connectivity index (χ4n) is 3.21. The van der Waals surface area contributed by atoms with Gasteiger partial charge in [-0.25, -0.2) is 13.8 Å². The van der Waals surface area contributed by atoms with Gasteiger partial charge in [0.1, 0.15) is 11.0 Å². The van der Waals surface area contributed by atoms with Gasteiger partial charge in [-0.3, -0.25) is 9.59 Å². The molecule has 2 heterocycles. The minimum atomic E-state index is -4.36. The van der Waals surface area contributed by atoms with E-state index in [1.54, 1.807) is 0 Å². The summed E-state index contributed by atoms with van der Waals surface area (Å²) in [4.78, 5) is 29.1. The molecular formula is C20H18ClF4N3O3. The zero-order valence-electron chi connectivity index (χ0n) is 16.2. The quantitative estimate of drug-likeness (QED) is 0.541. The van der Waals surface area contributed by atoms with Crippen molar-refractivity contribution >= 4 is 29.1 Å². The number of aromatic nitrogens is 1. The Balaban J connectivity index is 1.86. The second-order valence-corrected chi connectivity index (χ2v) is 7.79. The van der Waals surface area contributed by atoms with Crippen molar-refractivity contribution in [3.63, 3.8) is 0 Å². The molecular weight excluding hydrogens is 442 g/mol. The van der Waals surface area contributed by atoms with Gasteiger partial charge < -0.3 is 15.3 Å². The largest absolute Gasteiger partial charge is 0.390 e. The topological polar surface area (TPSA) is 82.5 Å². The number of aliphatic hydroxyl groups excluding tert-OH is 1. The molecule has 0 saturated carbocycles. The Hall–Kier alpha value is -2.72. The number of nitrogens with one attached hydrogen (secondary N) is 1.